The Morgan fingerprint density at radius 2 is 1.93 bits per heavy atom. The van der Waals surface area contributed by atoms with E-state index in [1.54, 1.807) is 0 Å². The molecule has 0 heterocycles. The van der Waals surface area contributed by atoms with Crippen molar-refractivity contribution in [3.63, 3.8) is 0 Å². The molecule has 0 N–H and O–H groups in total. The Morgan fingerprint density at radius 1 is 1.21 bits per heavy atom. The summed E-state index contributed by atoms with van der Waals surface area (Å²) in [6, 6.07) is 0. The van der Waals surface area contributed by atoms with E-state index in [-0.39, 0.29) is 0 Å². The lowest BCUT2D eigenvalue weighted by Crippen LogP contribution is -2.01. The summed E-state index contributed by atoms with van der Waals surface area (Å²) >= 11 is 0. The molecule has 0 aromatic carbocycles. The molecule has 0 aromatic heterocycles. The molecule has 0 aliphatic heterocycles. The second-order valence-corrected chi connectivity index (χ2v) is 4.80. The van der Waals surface area contributed by atoms with Crippen molar-refractivity contribution < 1.29 is 0 Å². The minimum atomic E-state index is 0.579. The van der Waals surface area contributed by atoms with E-state index >= 15 is 0 Å². The average Bonchev–Trinajstić information content (AvgIpc) is 2.28. The summed E-state index contributed by atoms with van der Waals surface area (Å²) in [5, 5.41) is 0. The van der Waals surface area contributed by atoms with Crippen LogP contribution in [0, 0.1) is 17.8 Å². The third-order valence-electron chi connectivity index (χ3n) is 2.69. The summed E-state index contributed by atoms with van der Waals surface area (Å²) in [5.74, 6) is 2.04. The lowest BCUT2D eigenvalue weighted by Gasteiger charge is -2.14. The van der Waals surface area contributed by atoms with Crippen molar-refractivity contribution in [1.29, 1.82) is 0 Å². The zero-order chi connectivity index (χ0) is 10.6. The molecule has 0 amide bonds. The first-order valence-electron chi connectivity index (χ1n) is 5.66. The van der Waals surface area contributed by atoms with E-state index in [1.165, 1.54) is 12.0 Å². The fourth-order valence-corrected chi connectivity index (χ4v) is 1.90. The molecule has 14 heavy (non-hydrogen) atoms. The maximum atomic E-state index is 2.32. The quantitative estimate of drug-likeness (QED) is 0.620. The van der Waals surface area contributed by atoms with Crippen LogP contribution in [0.1, 0.15) is 34.1 Å². The van der Waals surface area contributed by atoms with Crippen LogP contribution in [0.4, 0.5) is 0 Å². The molecule has 78 valence electrons. The predicted octanol–water partition coefficient (Wildman–Crippen LogP) is 4.36. The zero-order valence-corrected chi connectivity index (χ0v) is 9.83. The van der Waals surface area contributed by atoms with Crippen LogP contribution in [0.25, 0.3) is 0 Å². The summed E-state index contributed by atoms with van der Waals surface area (Å²) < 4.78 is 0. The number of allylic oxidation sites excluding steroid dienone is 6. The van der Waals surface area contributed by atoms with Gasteiger partial charge in [-0.15, -0.1) is 0 Å². The highest BCUT2D eigenvalue weighted by Crippen LogP contribution is 2.22. The van der Waals surface area contributed by atoms with Crippen LogP contribution in [0.2, 0.25) is 0 Å². The molecule has 0 heteroatoms. The summed E-state index contributed by atoms with van der Waals surface area (Å²) in [4.78, 5) is 0. The Morgan fingerprint density at radius 3 is 2.57 bits per heavy atom. The van der Waals surface area contributed by atoms with Crippen LogP contribution in [0.3, 0.4) is 0 Å². The smallest absolute Gasteiger partial charge is 0.00755 e. The first-order valence-corrected chi connectivity index (χ1v) is 5.66. The Kier molecular flexibility index (Phi) is 4.19. The molecule has 0 saturated heterocycles. The molecule has 0 nitrogen and oxygen atoms in total. The molecule has 2 atom stereocenters. The van der Waals surface area contributed by atoms with Crippen molar-refractivity contribution in [3.8, 4) is 0 Å². The van der Waals surface area contributed by atoms with E-state index in [1.807, 2.05) is 0 Å². The van der Waals surface area contributed by atoms with Gasteiger partial charge in [0.25, 0.3) is 0 Å². The zero-order valence-electron chi connectivity index (χ0n) is 9.83. The van der Waals surface area contributed by atoms with Gasteiger partial charge in [0.05, 0.1) is 0 Å². The van der Waals surface area contributed by atoms with Crippen LogP contribution in [0.5, 0.6) is 0 Å². The van der Waals surface area contributed by atoms with Crippen molar-refractivity contribution >= 4 is 0 Å². The highest BCUT2D eigenvalue weighted by atomic mass is 14.1. The largest absolute Gasteiger partial charge is 0.0779 e. The van der Waals surface area contributed by atoms with Gasteiger partial charge in [0.2, 0.25) is 0 Å². The number of hydrogen-bond acceptors (Lipinski definition) is 0. The summed E-state index contributed by atoms with van der Waals surface area (Å²) in [5.41, 5.74) is 1.47. The average molecular weight is 190 g/mol. The molecule has 0 radical (unpaired) electrons. The van der Waals surface area contributed by atoms with Crippen LogP contribution < -0.4 is 0 Å². The van der Waals surface area contributed by atoms with Crippen LogP contribution in [0.15, 0.2) is 36.0 Å². The van der Waals surface area contributed by atoms with E-state index in [4.69, 9.17) is 0 Å². The second kappa shape index (κ2) is 5.19. The molecule has 0 bridgehead atoms. The standard InChI is InChI=1S/C14H22/c1-11(2)10-13(4)14-7-5-6-12(3)8-9-14/h5-9,11-13H,10H2,1-4H3. The Labute approximate surface area is 88.4 Å². The first kappa shape index (κ1) is 11.3. The first-order chi connectivity index (χ1) is 6.59. The normalized spacial score (nSPS) is 23.5. The van der Waals surface area contributed by atoms with E-state index in [9.17, 15) is 0 Å². The molecule has 1 aliphatic rings. The monoisotopic (exact) mass is 190 g/mol. The van der Waals surface area contributed by atoms with Crippen LogP contribution in [-0.2, 0) is 0 Å². The Hall–Kier alpha value is -0.780. The van der Waals surface area contributed by atoms with Gasteiger partial charge >= 0.3 is 0 Å². The highest BCUT2D eigenvalue weighted by molar-refractivity contribution is 5.30. The minimum Gasteiger partial charge on any atom is -0.0779 e. The third kappa shape index (κ3) is 3.53. The predicted molar refractivity (Wildman–Crippen MR) is 64.1 cm³/mol. The molecule has 0 spiro atoms. The summed E-state index contributed by atoms with van der Waals surface area (Å²) in [6.07, 6.45) is 12.5. The van der Waals surface area contributed by atoms with Crippen molar-refractivity contribution in [2.75, 3.05) is 0 Å². The van der Waals surface area contributed by atoms with Gasteiger partial charge in [0.1, 0.15) is 0 Å². The maximum absolute atomic E-state index is 2.32. The van der Waals surface area contributed by atoms with E-state index in [0.29, 0.717) is 11.8 Å². The lowest BCUT2D eigenvalue weighted by atomic mass is 9.91. The van der Waals surface area contributed by atoms with Crippen molar-refractivity contribution in [2.24, 2.45) is 17.8 Å². The minimum absolute atomic E-state index is 0.579. The molecule has 2 unspecified atom stereocenters. The van der Waals surface area contributed by atoms with Crippen molar-refractivity contribution in [3.05, 3.63) is 36.0 Å². The molecule has 1 rings (SSSR count). The van der Waals surface area contributed by atoms with Crippen LogP contribution >= 0.6 is 0 Å². The van der Waals surface area contributed by atoms with Gasteiger partial charge in [-0.25, -0.2) is 0 Å². The van der Waals surface area contributed by atoms with E-state index in [2.05, 4.69) is 58.1 Å². The molecule has 0 saturated carbocycles. The van der Waals surface area contributed by atoms with Crippen LogP contribution in [-0.4, -0.2) is 0 Å². The highest BCUT2D eigenvalue weighted by Gasteiger charge is 2.09. The van der Waals surface area contributed by atoms with E-state index < -0.39 is 0 Å². The summed E-state index contributed by atoms with van der Waals surface area (Å²) in [7, 11) is 0. The van der Waals surface area contributed by atoms with Gasteiger partial charge in [-0.1, -0.05) is 58.1 Å². The molecule has 0 aromatic rings. The van der Waals surface area contributed by atoms with Gasteiger partial charge < -0.3 is 0 Å². The Balaban J connectivity index is 2.64. The van der Waals surface area contributed by atoms with Gasteiger partial charge in [0, 0.05) is 0 Å². The molecular weight excluding hydrogens is 168 g/mol. The van der Waals surface area contributed by atoms with Gasteiger partial charge in [-0.3, -0.25) is 0 Å². The van der Waals surface area contributed by atoms with Gasteiger partial charge in [0.15, 0.2) is 0 Å². The second-order valence-electron chi connectivity index (χ2n) is 4.80. The molecule has 0 fully saturated rings. The maximum Gasteiger partial charge on any atom is -0.00755 e. The third-order valence-corrected chi connectivity index (χ3v) is 2.69. The van der Waals surface area contributed by atoms with E-state index in [0.717, 1.165) is 5.92 Å². The summed E-state index contributed by atoms with van der Waals surface area (Å²) in [6.45, 7) is 9.11. The van der Waals surface area contributed by atoms with Gasteiger partial charge in [-0.2, -0.15) is 0 Å². The molecule has 1 aliphatic carbocycles. The topological polar surface area (TPSA) is 0 Å². The number of hydrogen-bond donors (Lipinski definition) is 0. The fraction of sp³-hybridized carbons (Fsp3) is 0.571. The van der Waals surface area contributed by atoms with Gasteiger partial charge in [-0.05, 0) is 29.7 Å². The SMILES string of the molecule is CC1C=CC=C(C(C)CC(C)C)C=C1. The van der Waals surface area contributed by atoms with Crippen molar-refractivity contribution in [2.45, 2.75) is 34.1 Å². The van der Waals surface area contributed by atoms with Crippen molar-refractivity contribution in [1.82, 2.24) is 0 Å². The molecular formula is C14H22. The fourth-order valence-electron chi connectivity index (χ4n) is 1.90. The Bertz CT molecular complexity index is 253. The number of rotatable bonds is 3. The lowest BCUT2D eigenvalue weighted by molar-refractivity contribution is 0.491.